The van der Waals surface area contributed by atoms with Crippen molar-refractivity contribution in [3.05, 3.63) is 0 Å². The molecule has 68 heavy (non-hydrogen) atoms. The van der Waals surface area contributed by atoms with Crippen LogP contribution in [0.15, 0.2) is 0 Å². The maximum atomic E-state index is 13.0. The predicted molar refractivity (Wildman–Crippen MR) is 207 cm³/mol. The molecule has 5 saturated heterocycles. The first kappa shape index (κ1) is 56.3. The number of carboxylic acid groups (broad SMARTS) is 1. The van der Waals surface area contributed by atoms with Crippen LogP contribution in [0.1, 0.15) is 20.3 Å². The SMILES string of the molecule is CC(=O)N[C@H]1[C@H](O[C@H]2[C@@H](O)[C@@H](CO)O[C@@H](O[C@@H]3[C@H](O)[C@@H](O)[C@@H](O)O[C@@H]3CO)[C@@H]2O)O[C@H](CO)[C@@H](O)[C@@H]1O[C@@H]1O[C@H](CO)[C@H](O)[C@H](O[C@]2(C(=O)O)C[C@H](O)[C@@H](NC(C)=O)[C@H]([C@H](O)[C@H](O)CO)O2)[C@H]1O. The average Bonchev–Trinajstić information content (AvgIpc) is 3.29. The van der Waals surface area contributed by atoms with Crippen LogP contribution in [0.4, 0.5) is 0 Å². The fourth-order valence-electron chi connectivity index (χ4n) is 8.53. The molecule has 0 radical (unpaired) electrons. The smallest absolute Gasteiger partial charge is 0.364 e. The lowest BCUT2D eigenvalue weighted by molar-refractivity contribution is -0.389. The molecule has 394 valence electrons. The molecule has 5 heterocycles. The third-order valence-corrected chi connectivity index (χ3v) is 12.1. The number of amides is 2. The van der Waals surface area contributed by atoms with Crippen molar-refractivity contribution in [2.24, 2.45) is 0 Å². The first-order valence-corrected chi connectivity index (χ1v) is 21.2. The molecule has 2 amide bonds. The molecule has 5 aliphatic rings. The van der Waals surface area contributed by atoms with Gasteiger partial charge in [0.2, 0.25) is 11.8 Å². The van der Waals surface area contributed by atoms with Gasteiger partial charge >= 0.3 is 5.97 Å². The molecule has 0 spiro atoms. The monoisotopic (exact) mass is 998 g/mol. The molecular formula is C37H62N2O29. The van der Waals surface area contributed by atoms with E-state index < -0.39 is 216 Å². The fraction of sp³-hybridized carbons (Fsp3) is 0.919. The second-order valence-corrected chi connectivity index (χ2v) is 16.8. The number of carboxylic acids is 1. The summed E-state index contributed by atoms with van der Waals surface area (Å²) in [5.41, 5.74) is 0. The van der Waals surface area contributed by atoms with Crippen molar-refractivity contribution in [1.82, 2.24) is 10.6 Å². The van der Waals surface area contributed by atoms with Crippen LogP contribution >= 0.6 is 0 Å². The Balaban J connectivity index is 1.45. The molecule has 0 aromatic heterocycles. The number of carbonyl (C=O) groups excluding carboxylic acids is 2. The number of aliphatic carboxylic acids is 1. The molecule has 31 nitrogen and oxygen atoms in total. The lowest BCUT2D eigenvalue weighted by Gasteiger charge is -2.51. The normalized spacial score (nSPS) is 46.6. The molecule has 0 aromatic rings. The summed E-state index contributed by atoms with van der Waals surface area (Å²) in [6.45, 7) is -3.28. The van der Waals surface area contributed by atoms with Crippen molar-refractivity contribution in [3.63, 3.8) is 0 Å². The molecular weight excluding hydrogens is 936 g/mol. The second-order valence-electron chi connectivity index (χ2n) is 16.8. The van der Waals surface area contributed by atoms with Gasteiger partial charge in [0.05, 0.1) is 45.2 Å². The summed E-state index contributed by atoms with van der Waals surface area (Å²) in [7, 11) is 0. The van der Waals surface area contributed by atoms with Gasteiger partial charge in [-0.2, -0.15) is 0 Å². The van der Waals surface area contributed by atoms with Gasteiger partial charge in [0.15, 0.2) is 25.2 Å². The number of nitrogens with one attached hydrogen (secondary N) is 2. The molecule has 0 saturated carbocycles. The van der Waals surface area contributed by atoms with Gasteiger partial charge in [0, 0.05) is 20.3 Å². The number of ether oxygens (including phenoxy) is 9. The Kier molecular flexibility index (Phi) is 19.7. The minimum atomic E-state index is -3.19. The molecule has 5 aliphatic heterocycles. The lowest BCUT2D eigenvalue weighted by Crippen LogP contribution is -2.71. The number of aliphatic hydroxyl groups is 16. The highest BCUT2D eigenvalue weighted by atomic mass is 16.8. The summed E-state index contributed by atoms with van der Waals surface area (Å²) in [6, 6.07) is -3.51. The molecule has 5 rings (SSSR count). The molecule has 0 aromatic carbocycles. The van der Waals surface area contributed by atoms with E-state index in [4.69, 9.17) is 42.6 Å². The van der Waals surface area contributed by atoms with Gasteiger partial charge in [0.1, 0.15) is 116 Å². The number of rotatable bonds is 18. The molecule has 26 atom stereocenters. The summed E-state index contributed by atoms with van der Waals surface area (Å²) in [5, 5.41) is 185. The van der Waals surface area contributed by atoms with Gasteiger partial charge in [0.25, 0.3) is 5.79 Å². The maximum Gasteiger partial charge on any atom is 0.364 e. The highest BCUT2D eigenvalue weighted by molar-refractivity contribution is 5.76. The van der Waals surface area contributed by atoms with E-state index in [1.807, 2.05) is 0 Å². The molecule has 5 fully saturated rings. The molecule has 0 unspecified atom stereocenters. The zero-order valence-corrected chi connectivity index (χ0v) is 36.2. The Hall–Kier alpha value is -2.59. The molecule has 31 heteroatoms. The minimum absolute atomic E-state index is 0.818. The van der Waals surface area contributed by atoms with Gasteiger partial charge in [-0.1, -0.05) is 0 Å². The van der Waals surface area contributed by atoms with Crippen molar-refractivity contribution in [3.8, 4) is 0 Å². The van der Waals surface area contributed by atoms with E-state index in [0.29, 0.717) is 0 Å². The highest BCUT2D eigenvalue weighted by Gasteiger charge is 2.61. The second kappa shape index (κ2) is 23.8. The van der Waals surface area contributed by atoms with Gasteiger partial charge in [-0.3, -0.25) is 9.59 Å². The Bertz CT molecular complexity index is 1660. The van der Waals surface area contributed by atoms with Crippen LogP contribution in [0, 0.1) is 0 Å². The average molecular weight is 999 g/mol. The van der Waals surface area contributed by atoms with E-state index >= 15 is 0 Å². The van der Waals surface area contributed by atoms with Gasteiger partial charge in [-0.05, 0) is 0 Å². The maximum absolute atomic E-state index is 13.0. The number of hydrogen-bond acceptors (Lipinski definition) is 28. The van der Waals surface area contributed by atoms with Crippen LogP contribution in [0.5, 0.6) is 0 Å². The Labute approximate surface area is 384 Å². The van der Waals surface area contributed by atoms with Crippen molar-refractivity contribution in [2.45, 2.75) is 179 Å². The highest BCUT2D eigenvalue weighted by Crippen LogP contribution is 2.39. The van der Waals surface area contributed by atoms with Crippen LogP contribution in [0.3, 0.4) is 0 Å². The third kappa shape index (κ3) is 11.8. The van der Waals surface area contributed by atoms with Gasteiger partial charge < -0.3 is 140 Å². The topological polar surface area (TPSA) is 502 Å². The summed E-state index contributed by atoms with van der Waals surface area (Å²) in [5.74, 6) is -6.99. The molecule has 19 N–H and O–H groups in total. The fourth-order valence-corrected chi connectivity index (χ4v) is 8.53. The van der Waals surface area contributed by atoms with Crippen LogP contribution in [-0.4, -0.2) is 297 Å². The lowest BCUT2D eigenvalue weighted by atomic mass is 9.88. The van der Waals surface area contributed by atoms with E-state index in [9.17, 15) is 101 Å². The number of hydrogen-bond donors (Lipinski definition) is 19. The van der Waals surface area contributed by atoms with Crippen molar-refractivity contribution < 1.29 is 144 Å². The quantitative estimate of drug-likeness (QED) is 0.0606. The summed E-state index contributed by atoms with van der Waals surface area (Å²) in [6.07, 6.45) is -47.6. The first-order chi connectivity index (χ1) is 32.0. The summed E-state index contributed by atoms with van der Waals surface area (Å²) >= 11 is 0. The van der Waals surface area contributed by atoms with Crippen LogP contribution in [0.25, 0.3) is 0 Å². The van der Waals surface area contributed by atoms with Crippen molar-refractivity contribution >= 4 is 17.8 Å². The van der Waals surface area contributed by atoms with Crippen molar-refractivity contribution in [2.75, 3.05) is 33.0 Å². The van der Waals surface area contributed by atoms with E-state index in [0.717, 1.165) is 13.8 Å². The van der Waals surface area contributed by atoms with E-state index in [-0.39, 0.29) is 0 Å². The van der Waals surface area contributed by atoms with E-state index in [1.165, 1.54) is 0 Å². The van der Waals surface area contributed by atoms with Crippen LogP contribution in [-0.2, 0) is 57.0 Å². The molecule has 0 bridgehead atoms. The minimum Gasteiger partial charge on any atom is -0.477 e. The Morgan fingerprint density at radius 2 is 1.03 bits per heavy atom. The number of carbonyl (C=O) groups is 3. The number of aliphatic hydroxyl groups excluding tert-OH is 16. The van der Waals surface area contributed by atoms with E-state index in [2.05, 4.69) is 10.6 Å². The Morgan fingerprint density at radius 3 is 1.53 bits per heavy atom. The standard InChI is InChI=1S/C37H62N2O29/c1-9(45)38-17-11(47)3-37(36(58)59,67-29(17)19(49)12(48)4-40)68-31-22(52)15(7-43)63-35(26(31)56)65-28-18(39-10(2)46)33(61-13(5-41)20(28)50)66-30-21(51)14(6-42)62-34(25(30)55)64-27-16(8-44)60-32(57)24(54)23(27)53/h11-35,40-44,47-57H,3-8H2,1-2H3,(H,38,45)(H,39,46)(H,58,59)/t11-,12+,13+,14+,15+,16+,17+,18+,19+,20+,21-,22-,23+,24+,25+,26+,27-,28+,29+,30-,31-,32-,33-,34-,35-,37-/m0/s1. The largest absolute Gasteiger partial charge is 0.477 e. The first-order valence-electron chi connectivity index (χ1n) is 21.2. The summed E-state index contributed by atoms with van der Waals surface area (Å²) < 4.78 is 50.7. The zero-order chi connectivity index (χ0) is 50.7. The zero-order valence-electron chi connectivity index (χ0n) is 36.2. The van der Waals surface area contributed by atoms with Crippen LogP contribution in [0.2, 0.25) is 0 Å². The molecule has 0 aliphatic carbocycles. The van der Waals surface area contributed by atoms with Crippen LogP contribution < -0.4 is 10.6 Å². The van der Waals surface area contributed by atoms with Gasteiger partial charge in [-0.25, -0.2) is 4.79 Å². The van der Waals surface area contributed by atoms with E-state index in [1.54, 1.807) is 0 Å². The Morgan fingerprint density at radius 1 is 0.574 bits per heavy atom. The summed E-state index contributed by atoms with van der Waals surface area (Å²) in [4.78, 5) is 37.7. The van der Waals surface area contributed by atoms with Gasteiger partial charge in [-0.15, -0.1) is 0 Å². The third-order valence-electron chi connectivity index (χ3n) is 12.1. The predicted octanol–water partition coefficient (Wildman–Crippen LogP) is -12.4. The van der Waals surface area contributed by atoms with Crippen molar-refractivity contribution in [1.29, 1.82) is 0 Å².